The topological polar surface area (TPSA) is 47.9 Å². The van der Waals surface area contributed by atoms with Crippen LogP contribution in [0.4, 0.5) is 0 Å². The summed E-state index contributed by atoms with van der Waals surface area (Å²) < 4.78 is 16.0. The van der Waals surface area contributed by atoms with Crippen LogP contribution in [0.5, 0.6) is 0 Å². The molecule has 0 aromatic carbocycles. The van der Waals surface area contributed by atoms with Gasteiger partial charge in [0, 0.05) is 27.0 Å². The highest BCUT2D eigenvalue weighted by Gasteiger charge is 2.41. The van der Waals surface area contributed by atoms with E-state index in [2.05, 4.69) is 0 Å². The maximum absolute atomic E-state index is 9.19. The minimum atomic E-state index is -2.10. The molecular formula is C7H20O4Si2. The summed E-state index contributed by atoms with van der Waals surface area (Å²) in [6.45, 7) is 3.96. The lowest BCUT2D eigenvalue weighted by Gasteiger charge is -2.31. The van der Waals surface area contributed by atoms with Gasteiger partial charge in [0.05, 0.1) is 6.23 Å². The Morgan fingerprint density at radius 1 is 1.00 bits per heavy atom. The van der Waals surface area contributed by atoms with Crippen molar-refractivity contribution in [1.29, 1.82) is 0 Å². The predicted octanol–water partition coefficient (Wildman–Crippen LogP) is 0.644. The van der Waals surface area contributed by atoms with Crippen molar-refractivity contribution in [2.45, 2.75) is 18.8 Å². The molecule has 6 heteroatoms. The van der Waals surface area contributed by atoms with Crippen LogP contribution < -0.4 is 0 Å². The summed E-state index contributed by atoms with van der Waals surface area (Å²) >= 11 is 0. The van der Waals surface area contributed by atoms with Crippen LogP contribution in [0.1, 0.15) is 0 Å². The molecule has 0 bridgehead atoms. The van der Waals surface area contributed by atoms with Crippen molar-refractivity contribution < 1.29 is 18.4 Å². The van der Waals surface area contributed by atoms with Crippen LogP contribution in [0, 0.1) is 0 Å². The van der Waals surface area contributed by atoms with Gasteiger partial charge < -0.3 is 18.4 Å². The van der Waals surface area contributed by atoms with E-state index in [4.69, 9.17) is 13.3 Å². The average molecular weight is 224 g/mol. The van der Waals surface area contributed by atoms with E-state index in [-0.39, 0.29) is 6.23 Å². The van der Waals surface area contributed by atoms with Crippen LogP contribution in [0.15, 0.2) is 0 Å². The zero-order chi connectivity index (χ0) is 10.5. The smallest absolute Gasteiger partial charge is 0.333 e. The first-order valence-corrected chi connectivity index (χ1v) is 9.56. The van der Waals surface area contributed by atoms with Crippen molar-refractivity contribution in [2.75, 3.05) is 27.6 Å². The Morgan fingerprint density at radius 2 is 1.46 bits per heavy atom. The van der Waals surface area contributed by atoms with Gasteiger partial charge in [-0.25, -0.2) is 0 Å². The van der Waals surface area contributed by atoms with Gasteiger partial charge in [-0.3, -0.25) is 0 Å². The van der Waals surface area contributed by atoms with Crippen molar-refractivity contribution in [1.82, 2.24) is 0 Å². The van der Waals surface area contributed by atoms with Gasteiger partial charge in [0.2, 0.25) is 8.32 Å². The Hall–Kier alpha value is 0.274. The predicted molar refractivity (Wildman–Crippen MR) is 56.2 cm³/mol. The number of aliphatic hydroxyl groups excluding tert-OH is 1. The van der Waals surface area contributed by atoms with Crippen LogP contribution in [-0.4, -0.2) is 49.5 Å². The second kappa shape index (κ2) is 5.23. The van der Waals surface area contributed by atoms with E-state index in [1.54, 1.807) is 21.3 Å². The molecule has 0 aliphatic heterocycles. The first-order valence-electron chi connectivity index (χ1n) is 4.21. The SMILES string of the molecule is CO[Si](C)(CO)C[Si](C)(OC)OC. The van der Waals surface area contributed by atoms with Crippen LogP contribution >= 0.6 is 0 Å². The van der Waals surface area contributed by atoms with Crippen molar-refractivity contribution in [2.24, 2.45) is 0 Å². The largest absolute Gasteiger partial charge is 0.418 e. The second-order valence-electron chi connectivity index (χ2n) is 3.53. The molecule has 0 saturated heterocycles. The number of hydrogen-bond donors (Lipinski definition) is 1. The summed E-state index contributed by atoms with van der Waals surface area (Å²) in [5.41, 5.74) is 0.750. The van der Waals surface area contributed by atoms with Crippen LogP contribution in [0.2, 0.25) is 18.8 Å². The van der Waals surface area contributed by atoms with E-state index in [0.29, 0.717) is 0 Å². The fourth-order valence-electron chi connectivity index (χ4n) is 1.10. The third-order valence-electron chi connectivity index (χ3n) is 2.39. The Kier molecular flexibility index (Phi) is 5.34. The molecule has 4 nitrogen and oxygen atoms in total. The summed E-state index contributed by atoms with van der Waals surface area (Å²) in [6.07, 6.45) is 0.110. The molecule has 80 valence electrons. The highest BCUT2D eigenvalue weighted by molar-refractivity contribution is 6.88. The average Bonchev–Trinajstić information content (AvgIpc) is 2.17. The Labute approximate surface area is 82.2 Å². The number of rotatable bonds is 6. The van der Waals surface area contributed by atoms with Gasteiger partial charge in [0.1, 0.15) is 0 Å². The first-order chi connectivity index (χ1) is 5.95. The van der Waals surface area contributed by atoms with Gasteiger partial charge in [-0.2, -0.15) is 0 Å². The van der Waals surface area contributed by atoms with Gasteiger partial charge in [0.15, 0.2) is 0 Å². The Bertz CT molecular complexity index is 129. The molecule has 0 aromatic rings. The van der Waals surface area contributed by atoms with Crippen molar-refractivity contribution >= 4 is 16.9 Å². The van der Waals surface area contributed by atoms with Crippen molar-refractivity contribution in [3.63, 3.8) is 0 Å². The molecule has 0 aliphatic rings. The van der Waals surface area contributed by atoms with E-state index < -0.39 is 16.9 Å². The zero-order valence-corrected chi connectivity index (χ0v) is 11.1. The van der Waals surface area contributed by atoms with Gasteiger partial charge in [-0.15, -0.1) is 0 Å². The van der Waals surface area contributed by atoms with Crippen LogP contribution in [-0.2, 0) is 13.3 Å². The summed E-state index contributed by atoms with van der Waals surface area (Å²) in [4.78, 5) is 0. The van der Waals surface area contributed by atoms with Crippen molar-refractivity contribution in [3.05, 3.63) is 0 Å². The standard InChI is InChI=1S/C7H20O4Si2/c1-9-12(4,6-8)7-13(5,10-2)11-3/h8H,6-7H2,1-5H3. The lowest BCUT2D eigenvalue weighted by molar-refractivity contribution is 0.247. The zero-order valence-electron chi connectivity index (χ0n) is 9.09. The minimum Gasteiger partial charge on any atom is -0.418 e. The summed E-state index contributed by atoms with van der Waals surface area (Å²) in [7, 11) is 0.837. The second-order valence-corrected chi connectivity index (χ2v) is 11.7. The number of hydrogen-bond acceptors (Lipinski definition) is 4. The lowest BCUT2D eigenvalue weighted by Crippen LogP contribution is -2.50. The highest BCUT2D eigenvalue weighted by atomic mass is 28.4. The fourth-order valence-corrected chi connectivity index (χ4v) is 9.01. The third kappa shape index (κ3) is 3.88. The molecule has 1 atom stereocenters. The quantitative estimate of drug-likeness (QED) is 0.673. The van der Waals surface area contributed by atoms with Gasteiger partial charge in [0.25, 0.3) is 0 Å². The van der Waals surface area contributed by atoms with E-state index in [1.165, 1.54) is 0 Å². The van der Waals surface area contributed by atoms with Gasteiger partial charge in [-0.05, 0) is 13.1 Å². The lowest BCUT2D eigenvalue weighted by atomic mass is 11.7. The molecule has 0 aromatic heterocycles. The van der Waals surface area contributed by atoms with E-state index in [9.17, 15) is 5.11 Å². The summed E-state index contributed by atoms with van der Waals surface area (Å²) in [6, 6.07) is 0. The summed E-state index contributed by atoms with van der Waals surface area (Å²) in [5.74, 6) is 0. The maximum atomic E-state index is 9.19. The molecule has 1 N–H and O–H groups in total. The molecule has 13 heavy (non-hydrogen) atoms. The van der Waals surface area contributed by atoms with Crippen LogP contribution in [0.25, 0.3) is 0 Å². The molecule has 0 amide bonds. The molecule has 0 fully saturated rings. The number of aliphatic hydroxyl groups is 1. The third-order valence-corrected chi connectivity index (χ3v) is 11.3. The molecule has 0 spiro atoms. The molecule has 0 aliphatic carbocycles. The molecule has 0 saturated carbocycles. The molecule has 0 radical (unpaired) electrons. The monoisotopic (exact) mass is 224 g/mol. The highest BCUT2D eigenvalue weighted by Crippen LogP contribution is 2.20. The molecule has 0 heterocycles. The van der Waals surface area contributed by atoms with E-state index >= 15 is 0 Å². The van der Waals surface area contributed by atoms with Gasteiger partial charge in [-0.1, -0.05) is 0 Å². The molecule has 0 rings (SSSR count). The first kappa shape index (κ1) is 13.3. The van der Waals surface area contributed by atoms with Gasteiger partial charge >= 0.3 is 8.56 Å². The normalized spacial score (nSPS) is 17.1. The van der Waals surface area contributed by atoms with E-state index in [0.717, 1.165) is 5.67 Å². The van der Waals surface area contributed by atoms with Crippen LogP contribution in [0.3, 0.4) is 0 Å². The Balaban J connectivity index is 4.36. The maximum Gasteiger partial charge on any atom is 0.333 e. The summed E-state index contributed by atoms with van der Waals surface area (Å²) in [5, 5.41) is 9.19. The minimum absolute atomic E-state index is 0.110. The fraction of sp³-hybridized carbons (Fsp3) is 1.00. The van der Waals surface area contributed by atoms with E-state index in [1.807, 2.05) is 13.1 Å². The molecule has 1 unspecified atom stereocenters. The Morgan fingerprint density at radius 3 is 1.69 bits per heavy atom. The molecular weight excluding hydrogens is 204 g/mol. The van der Waals surface area contributed by atoms with Crippen molar-refractivity contribution in [3.8, 4) is 0 Å².